The van der Waals surface area contributed by atoms with Crippen molar-refractivity contribution in [2.75, 3.05) is 6.54 Å². The van der Waals surface area contributed by atoms with E-state index < -0.39 is 5.91 Å². The van der Waals surface area contributed by atoms with Crippen molar-refractivity contribution in [1.82, 2.24) is 4.90 Å². The van der Waals surface area contributed by atoms with Gasteiger partial charge in [-0.25, -0.2) is 0 Å². The number of hydrogen-bond donors (Lipinski definition) is 1. The summed E-state index contributed by atoms with van der Waals surface area (Å²) in [5.41, 5.74) is 6.07. The quantitative estimate of drug-likeness (QED) is 0.920. The van der Waals surface area contributed by atoms with Gasteiger partial charge in [-0.3, -0.25) is 9.59 Å². The molecule has 1 aromatic rings. The van der Waals surface area contributed by atoms with Crippen LogP contribution < -0.4 is 5.73 Å². The summed E-state index contributed by atoms with van der Waals surface area (Å²) in [5.74, 6) is -0.871. The van der Waals surface area contributed by atoms with E-state index in [0.29, 0.717) is 18.1 Å². The zero-order chi connectivity index (χ0) is 13.3. The molecule has 1 saturated heterocycles. The summed E-state index contributed by atoms with van der Waals surface area (Å²) in [6.45, 7) is 0.776. The minimum atomic E-state index is -0.425. The van der Waals surface area contributed by atoms with E-state index in [1.165, 1.54) is 0 Å². The van der Waals surface area contributed by atoms with Crippen molar-refractivity contribution in [3.8, 4) is 0 Å². The first-order valence-corrected chi connectivity index (χ1v) is 6.65. The fourth-order valence-corrected chi connectivity index (χ4v) is 2.57. The number of halogens is 2. The molecule has 1 unspecified atom stereocenters. The number of primary amides is 1. The molecule has 2 rings (SSSR count). The molecule has 6 heteroatoms. The Morgan fingerprint density at radius 3 is 2.89 bits per heavy atom. The van der Waals surface area contributed by atoms with Crippen molar-refractivity contribution < 1.29 is 9.59 Å². The molecule has 96 valence electrons. The number of likely N-dealkylation sites (tertiary alicyclic amines) is 1. The number of nitrogens with two attached hydrogens (primary N) is 1. The molecule has 1 aromatic carbocycles. The Kier molecular flexibility index (Phi) is 3.92. The van der Waals surface area contributed by atoms with Crippen LogP contribution in [-0.4, -0.2) is 23.3 Å². The molecule has 0 aliphatic carbocycles. The van der Waals surface area contributed by atoms with Crippen LogP contribution in [0.25, 0.3) is 0 Å². The lowest BCUT2D eigenvalue weighted by molar-refractivity contribution is -0.128. The second-order valence-electron chi connectivity index (χ2n) is 4.31. The Bertz CT molecular complexity index is 507. The largest absolute Gasteiger partial charge is 0.369 e. The average molecular weight is 332 g/mol. The summed E-state index contributed by atoms with van der Waals surface area (Å²) in [5, 5.41) is 0.605. The molecule has 0 spiro atoms. The van der Waals surface area contributed by atoms with Crippen molar-refractivity contribution >= 4 is 39.3 Å². The highest BCUT2D eigenvalue weighted by Crippen LogP contribution is 2.25. The number of carbonyl (C=O) groups is 2. The summed E-state index contributed by atoms with van der Waals surface area (Å²) >= 11 is 9.43. The van der Waals surface area contributed by atoms with Crippen LogP contribution in [0.15, 0.2) is 22.7 Å². The Balaban J connectivity index is 2.12. The van der Waals surface area contributed by atoms with Crippen molar-refractivity contribution in [1.29, 1.82) is 0 Å². The number of amides is 2. The Morgan fingerprint density at radius 1 is 1.56 bits per heavy atom. The second kappa shape index (κ2) is 5.28. The maximum absolute atomic E-state index is 11.8. The van der Waals surface area contributed by atoms with Gasteiger partial charge in [0.25, 0.3) is 0 Å². The Morgan fingerprint density at radius 2 is 2.28 bits per heavy atom. The summed E-state index contributed by atoms with van der Waals surface area (Å²) in [6.07, 6.45) is 0.195. The van der Waals surface area contributed by atoms with Gasteiger partial charge in [0.05, 0.1) is 5.92 Å². The lowest BCUT2D eigenvalue weighted by Crippen LogP contribution is -2.28. The van der Waals surface area contributed by atoms with Gasteiger partial charge in [-0.05, 0) is 23.8 Å². The van der Waals surface area contributed by atoms with Crippen LogP contribution in [0, 0.1) is 5.92 Å². The molecule has 1 aliphatic heterocycles. The van der Waals surface area contributed by atoms with Gasteiger partial charge >= 0.3 is 0 Å². The molecule has 4 nitrogen and oxygen atoms in total. The topological polar surface area (TPSA) is 63.4 Å². The molecule has 1 atom stereocenters. The lowest BCUT2D eigenvalue weighted by Gasteiger charge is -2.17. The van der Waals surface area contributed by atoms with Gasteiger partial charge in [-0.2, -0.15) is 0 Å². The van der Waals surface area contributed by atoms with E-state index in [-0.39, 0.29) is 18.2 Å². The molecule has 0 saturated carbocycles. The third-order valence-corrected chi connectivity index (χ3v) is 3.85. The smallest absolute Gasteiger partial charge is 0.223 e. The highest BCUT2D eigenvalue weighted by molar-refractivity contribution is 9.10. The molecule has 1 fully saturated rings. The first-order valence-electron chi connectivity index (χ1n) is 5.48. The first-order chi connectivity index (χ1) is 8.47. The van der Waals surface area contributed by atoms with Crippen LogP contribution in [0.1, 0.15) is 12.0 Å². The van der Waals surface area contributed by atoms with Crippen LogP contribution >= 0.6 is 27.5 Å². The Hall–Kier alpha value is -1.07. The molecule has 18 heavy (non-hydrogen) atoms. The van der Waals surface area contributed by atoms with Crippen LogP contribution in [0.5, 0.6) is 0 Å². The second-order valence-corrected chi connectivity index (χ2v) is 5.64. The molecule has 0 aromatic heterocycles. The number of rotatable bonds is 3. The molecule has 1 aliphatic rings. The van der Waals surface area contributed by atoms with E-state index in [2.05, 4.69) is 15.9 Å². The van der Waals surface area contributed by atoms with Gasteiger partial charge < -0.3 is 10.6 Å². The summed E-state index contributed by atoms with van der Waals surface area (Å²) in [7, 11) is 0. The Labute approximate surface area is 118 Å². The van der Waals surface area contributed by atoms with E-state index in [4.69, 9.17) is 17.3 Å². The van der Waals surface area contributed by atoms with Gasteiger partial charge in [-0.15, -0.1) is 0 Å². The van der Waals surface area contributed by atoms with E-state index >= 15 is 0 Å². The van der Waals surface area contributed by atoms with E-state index in [0.717, 1.165) is 10.0 Å². The average Bonchev–Trinajstić information content (AvgIpc) is 2.66. The monoisotopic (exact) mass is 330 g/mol. The van der Waals surface area contributed by atoms with E-state index in [1.807, 2.05) is 12.1 Å². The van der Waals surface area contributed by atoms with Crippen LogP contribution in [0.2, 0.25) is 5.02 Å². The zero-order valence-corrected chi connectivity index (χ0v) is 11.9. The van der Waals surface area contributed by atoms with Crippen LogP contribution in [0.4, 0.5) is 0 Å². The van der Waals surface area contributed by atoms with Crippen molar-refractivity contribution in [2.45, 2.75) is 13.0 Å². The zero-order valence-electron chi connectivity index (χ0n) is 9.53. The molecule has 0 bridgehead atoms. The maximum Gasteiger partial charge on any atom is 0.223 e. The van der Waals surface area contributed by atoms with Gasteiger partial charge in [0, 0.05) is 29.0 Å². The minimum Gasteiger partial charge on any atom is -0.369 e. The SMILES string of the molecule is NC(=O)C1CC(=O)N(Cc2cc(Br)ccc2Cl)C1. The molecular weight excluding hydrogens is 320 g/mol. The highest BCUT2D eigenvalue weighted by Gasteiger charge is 2.33. The fourth-order valence-electron chi connectivity index (χ4n) is 1.99. The summed E-state index contributed by atoms with van der Waals surface area (Å²) in [4.78, 5) is 24.4. The van der Waals surface area contributed by atoms with Crippen molar-refractivity contribution in [3.05, 3.63) is 33.3 Å². The highest BCUT2D eigenvalue weighted by atomic mass is 79.9. The predicted octanol–water partition coefficient (Wildman–Crippen LogP) is 1.94. The van der Waals surface area contributed by atoms with Gasteiger partial charge in [0.2, 0.25) is 11.8 Å². The lowest BCUT2D eigenvalue weighted by atomic mass is 10.1. The molecule has 2 amide bonds. The van der Waals surface area contributed by atoms with Gasteiger partial charge in [-0.1, -0.05) is 27.5 Å². The molecular formula is C12H12BrClN2O2. The maximum atomic E-state index is 11.8. The minimum absolute atomic E-state index is 0.0603. The van der Waals surface area contributed by atoms with E-state index in [1.54, 1.807) is 11.0 Å². The standard InChI is InChI=1S/C12H12BrClN2O2/c13-9-1-2-10(14)7(3-9)5-16-6-8(12(15)18)4-11(16)17/h1-3,8H,4-6H2,(H2,15,18). The van der Waals surface area contributed by atoms with Gasteiger partial charge in [0.15, 0.2) is 0 Å². The molecule has 1 heterocycles. The van der Waals surface area contributed by atoms with Crippen molar-refractivity contribution in [3.63, 3.8) is 0 Å². The third kappa shape index (κ3) is 2.84. The number of benzene rings is 1. The summed E-state index contributed by atoms with van der Waals surface area (Å²) in [6, 6.07) is 5.48. The normalized spacial score (nSPS) is 19.3. The third-order valence-electron chi connectivity index (χ3n) is 2.99. The molecule has 2 N–H and O–H groups in total. The predicted molar refractivity (Wildman–Crippen MR) is 71.9 cm³/mol. The first kappa shape index (κ1) is 13.4. The number of nitrogens with zero attached hydrogens (tertiary/aromatic N) is 1. The van der Waals surface area contributed by atoms with Crippen molar-refractivity contribution in [2.24, 2.45) is 11.7 Å². The number of hydrogen-bond acceptors (Lipinski definition) is 2. The fraction of sp³-hybridized carbons (Fsp3) is 0.333. The van der Waals surface area contributed by atoms with Gasteiger partial charge in [0.1, 0.15) is 0 Å². The number of carbonyl (C=O) groups excluding carboxylic acids is 2. The van der Waals surface area contributed by atoms with Crippen LogP contribution in [0.3, 0.4) is 0 Å². The summed E-state index contributed by atoms with van der Waals surface area (Å²) < 4.78 is 0.903. The molecule has 0 radical (unpaired) electrons. The van der Waals surface area contributed by atoms with E-state index in [9.17, 15) is 9.59 Å². The van der Waals surface area contributed by atoms with Crippen LogP contribution in [-0.2, 0) is 16.1 Å².